The maximum absolute atomic E-state index is 13.2. The molecule has 0 atom stereocenters. The first-order valence-corrected chi connectivity index (χ1v) is 11.0. The van der Waals surface area contributed by atoms with E-state index in [1.54, 1.807) is 12.1 Å². The van der Waals surface area contributed by atoms with Crippen LogP contribution in [0.15, 0.2) is 18.3 Å². The van der Waals surface area contributed by atoms with Crippen molar-refractivity contribution in [1.82, 2.24) is 14.8 Å². The van der Waals surface area contributed by atoms with Gasteiger partial charge in [-0.2, -0.15) is 8.78 Å². The summed E-state index contributed by atoms with van der Waals surface area (Å²) in [5.74, 6) is -3.88. The van der Waals surface area contributed by atoms with E-state index < -0.39 is 28.7 Å². The molecule has 3 rings (SSSR count). The van der Waals surface area contributed by atoms with Crippen molar-refractivity contribution in [3.63, 3.8) is 0 Å². The summed E-state index contributed by atoms with van der Waals surface area (Å²) in [6.07, 6.45) is -2.29. The van der Waals surface area contributed by atoms with Crippen molar-refractivity contribution in [2.75, 3.05) is 62.2 Å². The largest absolute Gasteiger partial charge is 0.354 e. The van der Waals surface area contributed by atoms with Crippen LogP contribution in [0.1, 0.15) is 10.4 Å². The highest BCUT2D eigenvalue weighted by Crippen LogP contribution is 2.25. The van der Waals surface area contributed by atoms with Crippen LogP contribution in [0.4, 0.5) is 23.4 Å². The van der Waals surface area contributed by atoms with E-state index in [1.165, 1.54) is 16.0 Å². The number of amides is 1. The summed E-state index contributed by atoms with van der Waals surface area (Å²) in [6.45, 7) is 0.417. The highest BCUT2D eigenvalue weighted by Gasteiger charge is 2.42. The molecule has 1 aromatic rings. The summed E-state index contributed by atoms with van der Waals surface area (Å²) in [7, 11) is -3.08. The van der Waals surface area contributed by atoms with Gasteiger partial charge in [-0.05, 0) is 12.1 Å². The average Bonchev–Trinajstić information content (AvgIpc) is 2.68. The number of hydrogen-bond acceptors (Lipinski definition) is 6. The zero-order valence-electron chi connectivity index (χ0n) is 15.6. The summed E-state index contributed by atoms with van der Waals surface area (Å²) in [5, 5.41) is 0. The maximum atomic E-state index is 13.2. The Balaban J connectivity index is 1.54. The molecule has 29 heavy (non-hydrogen) atoms. The second-order valence-corrected chi connectivity index (χ2v) is 9.48. The van der Waals surface area contributed by atoms with E-state index in [2.05, 4.69) is 4.98 Å². The van der Waals surface area contributed by atoms with E-state index in [9.17, 15) is 30.8 Å². The molecule has 0 bridgehead atoms. The molecule has 0 aliphatic carbocycles. The van der Waals surface area contributed by atoms with Gasteiger partial charge in [0.25, 0.3) is 5.91 Å². The second-order valence-electron chi connectivity index (χ2n) is 7.17. The first-order valence-electron chi connectivity index (χ1n) is 9.16. The van der Waals surface area contributed by atoms with E-state index in [0.717, 1.165) is 0 Å². The molecule has 0 radical (unpaired) electrons. The van der Waals surface area contributed by atoms with Crippen LogP contribution in [0.3, 0.4) is 0 Å². The number of carbonyl (C=O) groups excluding carboxylic acids is 1. The molecule has 2 aliphatic heterocycles. The summed E-state index contributed by atoms with van der Waals surface area (Å²) in [5.41, 5.74) is 0.336. The van der Waals surface area contributed by atoms with Crippen LogP contribution in [0.2, 0.25) is 0 Å². The van der Waals surface area contributed by atoms with Crippen LogP contribution >= 0.6 is 0 Å². The number of pyridine rings is 1. The fourth-order valence-corrected chi connectivity index (χ4v) is 4.50. The zero-order chi connectivity index (χ0) is 21.2. The van der Waals surface area contributed by atoms with Crippen LogP contribution in [0, 0.1) is 0 Å². The molecule has 1 amide bonds. The lowest BCUT2D eigenvalue weighted by Crippen LogP contribution is -2.51. The minimum Gasteiger partial charge on any atom is -0.354 e. The topological polar surface area (TPSA) is 73.8 Å². The van der Waals surface area contributed by atoms with E-state index >= 15 is 0 Å². The SMILES string of the molecule is O=C(c1ccc(N2CCN(CC(F)(F)C(F)F)CC2)nc1)N1CCS(=O)(=O)CC1. The lowest BCUT2D eigenvalue weighted by molar-refractivity contribution is -0.142. The quantitative estimate of drug-likeness (QED) is 0.638. The standard InChI is InChI=1S/C17H22F4N4O3S/c18-16(19)17(20,21)12-23-3-5-24(6-4-23)14-2-1-13(11-22-14)15(26)25-7-9-29(27,28)10-8-25/h1-2,11,16H,3-10,12H2. The van der Waals surface area contributed by atoms with Crippen molar-refractivity contribution in [3.05, 3.63) is 23.9 Å². The number of rotatable bonds is 5. The fourth-order valence-electron chi connectivity index (χ4n) is 3.30. The predicted molar refractivity (Wildman–Crippen MR) is 98.4 cm³/mol. The molecule has 2 fully saturated rings. The molecule has 0 spiro atoms. The summed E-state index contributed by atoms with van der Waals surface area (Å²) >= 11 is 0. The summed E-state index contributed by atoms with van der Waals surface area (Å²) in [4.78, 5) is 21.3. The van der Waals surface area contributed by atoms with Crippen molar-refractivity contribution in [2.45, 2.75) is 12.3 Å². The third-order valence-corrected chi connectivity index (χ3v) is 6.69. The Bertz CT molecular complexity index is 814. The van der Waals surface area contributed by atoms with Crippen LogP contribution in [0.5, 0.6) is 0 Å². The normalized spacial score (nSPS) is 20.9. The number of alkyl halides is 4. The highest BCUT2D eigenvalue weighted by atomic mass is 32.2. The average molecular weight is 438 g/mol. The number of piperazine rings is 1. The number of halogens is 4. The van der Waals surface area contributed by atoms with Gasteiger partial charge in [0.05, 0.1) is 23.6 Å². The Hall–Kier alpha value is -1.95. The molecule has 0 aromatic carbocycles. The Morgan fingerprint density at radius 2 is 1.69 bits per heavy atom. The van der Waals surface area contributed by atoms with Gasteiger partial charge in [0, 0.05) is 45.5 Å². The van der Waals surface area contributed by atoms with Gasteiger partial charge in [-0.25, -0.2) is 22.2 Å². The Kier molecular flexibility index (Phi) is 6.32. The number of carbonyl (C=O) groups is 1. The van der Waals surface area contributed by atoms with Crippen molar-refractivity contribution in [3.8, 4) is 0 Å². The molecule has 0 N–H and O–H groups in total. The molecule has 162 valence electrons. The first-order chi connectivity index (χ1) is 13.6. The number of anilines is 1. The molecule has 2 aliphatic rings. The lowest BCUT2D eigenvalue weighted by Gasteiger charge is -2.36. The van der Waals surface area contributed by atoms with Crippen molar-refractivity contribution >= 4 is 21.6 Å². The van der Waals surface area contributed by atoms with E-state index in [-0.39, 0.29) is 43.6 Å². The maximum Gasteiger partial charge on any atom is 0.319 e. The first kappa shape index (κ1) is 21.8. The molecule has 1 aromatic heterocycles. The van der Waals surface area contributed by atoms with Gasteiger partial charge in [-0.1, -0.05) is 0 Å². The van der Waals surface area contributed by atoms with Crippen LogP contribution in [-0.4, -0.2) is 98.8 Å². The van der Waals surface area contributed by atoms with Gasteiger partial charge in [-0.3, -0.25) is 9.69 Å². The second kappa shape index (κ2) is 8.42. The minimum absolute atomic E-state index is 0.0564. The Morgan fingerprint density at radius 1 is 1.07 bits per heavy atom. The van der Waals surface area contributed by atoms with Gasteiger partial charge >= 0.3 is 12.3 Å². The van der Waals surface area contributed by atoms with Gasteiger partial charge < -0.3 is 9.80 Å². The molecule has 3 heterocycles. The molecule has 2 saturated heterocycles. The van der Waals surface area contributed by atoms with Gasteiger partial charge in [-0.15, -0.1) is 0 Å². The Morgan fingerprint density at radius 3 is 2.21 bits per heavy atom. The summed E-state index contributed by atoms with van der Waals surface area (Å²) in [6, 6.07) is 3.22. The highest BCUT2D eigenvalue weighted by molar-refractivity contribution is 7.91. The molecular formula is C17H22F4N4O3S. The van der Waals surface area contributed by atoms with E-state index in [1.807, 2.05) is 4.90 Å². The monoisotopic (exact) mass is 438 g/mol. The van der Waals surface area contributed by atoms with Crippen LogP contribution in [0.25, 0.3) is 0 Å². The molecule has 0 saturated carbocycles. The van der Waals surface area contributed by atoms with Crippen LogP contribution in [-0.2, 0) is 9.84 Å². The van der Waals surface area contributed by atoms with Gasteiger partial charge in [0.2, 0.25) is 0 Å². The number of aromatic nitrogens is 1. The molecule has 0 unspecified atom stereocenters. The zero-order valence-corrected chi connectivity index (χ0v) is 16.4. The van der Waals surface area contributed by atoms with E-state index in [4.69, 9.17) is 0 Å². The van der Waals surface area contributed by atoms with Gasteiger partial charge in [0.15, 0.2) is 9.84 Å². The van der Waals surface area contributed by atoms with Crippen molar-refractivity contribution < 1.29 is 30.8 Å². The van der Waals surface area contributed by atoms with Crippen molar-refractivity contribution in [2.24, 2.45) is 0 Å². The van der Waals surface area contributed by atoms with Gasteiger partial charge in [0.1, 0.15) is 5.82 Å². The van der Waals surface area contributed by atoms with Crippen molar-refractivity contribution in [1.29, 1.82) is 0 Å². The molecular weight excluding hydrogens is 416 g/mol. The number of nitrogens with zero attached hydrogens (tertiary/aromatic N) is 4. The third-order valence-electron chi connectivity index (χ3n) is 5.08. The number of hydrogen-bond donors (Lipinski definition) is 0. The lowest BCUT2D eigenvalue weighted by atomic mass is 10.2. The minimum atomic E-state index is -4.03. The fraction of sp³-hybridized carbons (Fsp3) is 0.647. The predicted octanol–water partition coefficient (Wildman–Crippen LogP) is 0.975. The molecule has 12 heteroatoms. The number of sulfone groups is 1. The van der Waals surface area contributed by atoms with E-state index in [0.29, 0.717) is 24.5 Å². The smallest absolute Gasteiger partial charge is 0.319 e. The molecule has 7 nitrogen and oxygen atoms in total. The Labute approximate surface area is 166 Å². The van der Waals surface area contributed by atoms with Crippen LogP contribution < -0.4 is 4.90 Å². The summed E-state index contributed by atoms with van der Waals surface area (Å²) < 4.78 is 74.0. The third kappa shape index (κ3) is 5.35.